The topological polar surface area (TPSA) is 67.2 Å². The second kappa shape index (κ2) is 5.35. The van der Waals surface area contributed by atoms with Gasteiger partial charge in [-0.3, -0.25) is 4.79 Å². The molecule has 0 aliphatic carbocycles. The van der Waals surface area contributed by atoms with Crippen molar-refractivity contribution in [1.29, 1.82) is 0 Å². The number of anilines is 2. The van der Waals surface area contributed by atoms with Crippen LogP contribution in [0.25, 0.3) is 0 Å². The Morgan fingerprint density at radius 2 is 2.17 bits per heavy atom. The third-order valence-electron chi connectivity index (χ3n) is 2.20. The molecule has 2 aromatic heterocycles. The number of amides is 1. The lowest BCUT2D eigenvalue weighted by molar-refractivity contribution is 0.0996. The quantitative estimate of drug-likeness (QED) is 0.869. The van der Waals surface area contributed by atoms with Crippen molar-refractivity contribution in [2.24, 2.45) is 0 Å². The van der Waals surface area contributed by atoms with Crippen molar-refractivity contribution in [3.05, 3.63) is 42.5 Å². The highest BCUT2D eigenvalue weighted by Crippen LogP contribution is 2.12. The fraction of sp³-hybridized carbons (Fsp3) is 0.231. The minimum atomic E-state index is -0.286. The number of pyridine rings is 1. The van der Waals surface area contributed by atoms with Gasteiger partial charge in [0.15, 0.2) is 5.76 Å². The van der Waals surface area contributed by atoms with Gasteiger partial charge in [-0.05, 0) is 38.1 Å². The Morgan fingerprint density at radius 3 is 2.72 bits per heavy atom. The molecule has 0 saturated carbocycles. The molecule has 0 spiro atoms. The van der Waals surface area contributed by atoms with E-state index in [-0.39, 0.29) is 11.7 Å². The van der Waals surface area contributed by atoms with Crippen molar-refractivity contribution in [3.8, 4) is 0 Å². The van der Waals surface area contributed by atoms with Gasteiger partial charge in [0, 0.05) is 6.04 Å². The fourth-order valence-corrected chi connectivity index (χ4v) is 1.45. The fourth-order valence-electron chi connectivity index (χ4n) is 1.45. The van der Waals surface area contributed by atoms with Crippen LogP contribution >= 0.6 is 0 Å². The zero-order valence-electron chi connectivity index (χ0n) is 10.3. The third kappa shape index (κ3) is 3.10. The monoisotopic (exact) mass is 245 g/mol. The first kappa shape index (κ1) is 12.2. The second-order valence-electron chi connectivity index (χ2n) is 4.16. The Hall–Kier alpha value is -2.30. The summed E-state index contributed by atoms with van der Waals surface area (Å²) in [4.78, 5) is 15.9. The molecular weight excluding hydrogens is 230 g/mol. The molecule has 2 aromatic rings. The molecule has 1 amide bonds. The summed E-state index contributed by atoms with van der Waals surface area (Å²) in [5.74, 6) is 0.770. The smallest absolute Gasteiger partial charge is 0.291 e. The minimum absolute atomic E-state index is 0.277. The Labute approximate surface area is 105 Å². The van der Waals surface area contributed by atoms with Crippen LogP contribution in [0.1, 0.15) is 24.4 Å². The molecule has 0 saturated heterocycles. The highest BCUT2D eigenvalue weighted by Gasteiger charge is 2.08. The van der Waals surface area contributed by atoms with Crippen molar-refractivity contribution < 1.29 is 9.21 Å². The van der Waals surface area contributed by atoms with Gasteiger partial charge >= 0.3 is 0 Å². The molecule has 5 heteroatoms. The maximum atomic E-state index is 11.7. The first-order chi connectivity index (χ1) is 8.65. The highest BCUT2D eigenvalue weighted by atomic mass is 16.3. The Kier molecular flexibility index (Phi) is 3.62. The van der Waals surface area contributed by atoms with Crippen LogP contribution in [-0.4, -0.2) is 16.9 Å². The molecule has 5 nitrogen and oxygen atoms in total. The average molecular weight is 245 g/mol. The summed E-state index contributed by atoms with van der Waals surface area (Å²) >= 11 is 0. The van der Waals surface area contributed by atoms with E-state index in [0.717, 1.165) is 5.82 Å². The Balaban J connectivity index is 2.00. The molecular formula is C13H15N3O2. The standard InChI is InChI=1S/C13H15N3O2/c1-9(2)15-12-6-5-10(8-14-12)16-13(17)11-4-3-7-18-11/h3-9H,1-2H3,(H,14,15)(H,16,17). The minimum Gasteiger partial charge on any atom is -0.459 e. The molecule has 0 bridgehead atoms. The van der Waals surface area contributed by atoms with E-state index < -0.39 is 0 Å². The van der Waals surface area contributed by atoms with E-state index in [2.05, 4.69) is 15.6 Å². The number of aromatic nitrogens is 1. The van der Waals surface area contributed by atoms with Gasteiger partial charge in [0.25, 0.3) is 5.91 Å². The van der Waals surface area contributed by atoms with Gasteiger partial charge in [-0.2, -0.15) is 0 Å². The van der Waals surface area contributed by atoms with Crippen LogP contribution < -0.4 is 10.6 Å². The first-order valence-corrected chi connectivity index (χ1v) is 5.72. The average Bonchev–Trinajstić information content (AvgIpc) is 2.84. The lowest BCUT2D eigenvalue weighted by Crippen LogP contribution is -2.13. The predicted octanol–water partition coefficient (Wildman–Crippen LogP) is 2.75. The van der Waals surface area contributed by atoms with Gasteiger partial charge < -0.3 is 15.1 Å². The van der Waals surface area contributed by atoms with Gasteiger partial charge in [-0.1, -0.05) is 0 Å². The van der Waals surface area contributed by atoms with Crippen LogP contribution in [0, 0.1) is 0 Å². The van der Waals surface area contributed by atoms with Crippen LogP contribution in [0.4, 0.5) is 11.5 Å². The number of furan rings is 1. The normalized spacial score (nSPS) is 10.4. The van der Waals surface area contributed by atoms with Gasteiger partial charge in [-0.15, -0.1) is 0 Å². The third-order valence-corrected chi connectivity index (χ3v) is 2.20. The van der Waals surface area contributed by atoms with Crippen LogP contribution in [0.2, 0.25) is 0 Å². The number of nitrogens with one attached hydrogen (secondary N) is 2. The zero-order valence-corrected chi connectivity index (χ0v) is 10.3. The lowest BCUT2D eigenvalue weighted by Gasteiger charge is -2.09. The molecule has 2 N–H and O–H groups in total. The van der Waals surface area contributed by atoms with E-state index >= 15 is 0 Å². The molecule has 2 rings (SSSR count). The number of hydrogen-bond acceptors (Lipinski definition) is 4. The number of rotatable bonds is 4. The summed E-state index contributed by atoms with van der Waals surface area (Å²) in [6.07, 6.45) is 3.06. The maximum absolute atomic E-state index is 11.7. The summed E-state index contributed by atoms with van der Waals surface area (Å²) in [7, 11) is 0. The second-order valence-corrected chi connectivity index (χ2v) is 4.16. The summed E-state index contributed by atoms with van der Waals surface area (Å²) < 4.78 is 5.00. The molecule has 0 unspecified atom stereocenters. The Morgan fingerprint density at radius 1 is 1.33 bits per heavy atom. The largest absolute Gasteiger partial charge is 0.459 e. The number of carbonyl (C=O) groups excluding carboxylic acids is 1. The van der Waals surface area contributed by atoms with E-state index in [4.69, 9.17) is 4.42 Å². The number of hydrogen-bond donors (Lipinski definition) is 2. The van der Waals surface area contributed by atoms with E-state index in [1.165, 1.54) is 6.26 Å². The van der Waals surface area contributed by atoms with Crippen LogP contribution in [0.15, 0.2) is 41.1 Å². The van der Waals surface area contributed by atoms with Crippen LogP contribution in [-0.2, 0) is 0 Å². The van der Waals surface area contributed by atoms with Crippen LogP contribution in [0.3, 0.4) is 0 Å². The Bertz CT molecular complexity index is 504. The van der Waals surface area contributed by atoms with E-state index in [0.29, 0.717) is 11.7 Å². The van der Waals surface area contributed by atoms with Crippen molar-refractivity contribution in [2.45, 2.75) is 19.9 Å². The molecule has 18 heavy (non-hydrogen) atoms. The number of carbonyl (C=O) groups is 1. The molecule has 94 valence electrons. The first-order valence-electron chi connectivity index (χ1n) is 5.72. The SMILES string of the molecule is CC(C)Nc1ccc(NC(=O)c2ccco2)cn1. The van der Waals surface area contributed by atoms with Crippen molar-refractivity contribution in [3.63, 3.8) is 0 Å². The molecule has 0 aliphatic heterocycles. The van der Waals surface area contributed by atoms with E-state index in [1.807, 2.05) is 19.9 Å². The van der Waals surface area contributed by atoms with Crippen molar-refractivity contribution in [2.75, 3.05) is 10.6 Å². The van der Waals surface area contributed by atoms with Gasteiger partial charge in [-0.25, -0.2) is 4.98 Å². The summed E-state index contributed by atoms with van der Waals surface area (Å²) in [6, 6.07) is 7.21. The molecule has 0 radical (unpaired) electrons. The van der Waals surface area contributed by atoms with E-state index in [1.54, 1.807) is 24.4 Å². The maximum Gasteiger partial charge on any atom is 0.291 e. The van der Waals surface area contributed by atoms with E-state index in [9.17, 15) is 4.79 Å². The van der Waals surface area contributed by atoms with Gasteiger partial charge in [0.1, 0.15) is 5.82 Å². The molecule has 0 aromatic carbocycles. The molecule has 0 fully saturated rings. The van der Waals surface area contributed by atoms with Crippen molar-refractivity contribution in [1.82, 2.24) is 4.98 Å². The van der Waals surface area contributed by atoms with Crippen molar-refractivity contribution >= 4 is 17.4 Å². The molecule has 2 heterocycles. The predicted molar refractivity (Wildman–Crippen MR) is 69.7 cm³/mol. The van der Waals surface area contributed by atoms with Gasteiger partial charge in [0.05, 0.1) is 18.1 Å². The summed E-state index contributed by atoms with van der Waals surface area (Å²) in [5.41, 5.74) is 0.630. The number of nitrogens with zero attached hydrogens (tertiary/aromatic N) is 1. The summed E-state index contributed by atoms with van der Waals surface area (Å²) in [6.45, 7) is 4.07. The highest BCUT2D eigenvalue weighted by molar-refractivity contribution is 6.02. The summed E-state index contributed by atoms with van der Waals surface area (Å²) in [5, 5.41) is 5.87. The van der Waals surface area contributed by atoms with Gasteiger partial charge in [0.2, 0.25) is 0 Å². The molecule has 0 aliphatic rings. The van der Waals surface area contributed by atoms with Crippen LogP contribution in [0.5, 0.6) is 0 Å². The molecule has 0 atom stereocenters. The lowest BCUT2D eigenvalue weighted by atomic mass is 10.3. The zero-order chi connectivity index (χ0) is 13.0.